The second-order valence-corrected chi connectivity index (χ2v) is 7.06. The lowest BCUT2D eigenvalue weighted by atomic mass is 9.83. The summed E-state index contributed by atoms with van der Waals surface area (Å²) in [5.41, 5.74) is 4.20. The van der Waals surface area contributed by atoms with E-state index < -0.39 is 0 Å². The van der Waals surface area contributed by atoms with Crippen molar-refractivity contribution in [2.75, 3.05) is 13.1 Å². The molecule has 0 aliphatic carbocycles. The smallest absolute Gasteiger partial charge is 0.250 e. The van der Waals surface area contributed by atoms with Crippen LogP contribution in [0, 0.1) is 5.92 Å². The van der Waals surface area contributed by atoms with Crippen molar-refractivity contribution < 1.29 is 0 Å². The zero-order valence-electron chi connectivity index (χ0n) is 13.7. The van der Waals surface area contributed by atoms with Gasteiger partial charge in [0.15, 0.2) is 0 Å². The van der Waals surface area contributed by atoms with Crippen LogP contribution in [0.25, 0.3) is 0 Å². The van der Waals surface area contributed by atoms with E-state index in [0.29, 0.717) is 11.8 Å². The first kappa shape index (κ1) is 14.7. The highest BCUT2D eigenvalue weighted by atomic mass is 16.1. The molecule has 0 saturated carbocycles. The van der Waals surface area contributed by atoms with Gasteiger partial charge in [0.2, 0.25) is 0 Å². The normalized spacial score (nSPS) is 23.5. The maximum Gasteiger partial charge on any atom is 0.250 e. The highest BCUT2D eigenvalue weighted by Crippen LogP contribution is 2.35. The van der Waals surface area contributed by atoms with Crippen molar-refractivity contribution in [2.24, 2.45) is 5.92 Å². The third-order valence-electron chi connectivity index (χ3n) is 5.39. The Morgan fingerprint density at radius 3 is 2.57 bits per heavy atom. The average Bonchev–Trinajstić information content (AvgIpc) is 2.57. The zero-order chi connectivity index (χ0) is 15.8. The lowest BCUT2D eigenvalue weighted by molar-refractivity contribution is 0.114. The number of nitrogens with zero attached hydrogens (tertiary/aromatic N) is 2. The molecule has 1 aromatic carbocycles. The molecular formula is C20H24N2O. The van der Waals surface area contributed by atoms with Crippen LogP contribution in [-0.2, 0) is 19.5 Å². The molecular weight excluding hydrogens is 284 g/mol. The lowest BCUT2D eigenvalue weighted by Crippen LogP contribution is -2.46. The fourth-order valence-electron chi connectivity index (χ4n) is 4.26. The van der Waals surface area contributed by atoms with E-state index >= 15 is 0 Å². The number of rotatable bonds is 3. The van der Waals surface area contributed by atoms with E-state index in [-0.39, 0.29) is 5.56 Å². The van der Waals surface area contributed by atoms with Gasteiger partial charge in [-0.25, -0.2) is 0 Å². The number of fused-ring (bicyclic) bond motifs is 4. The standard InChI is InChI=1S/C20H24N2O/c1-2-15-6-8-16(9-7-15)11-21-12-17-10-18(14-21)19-4-3-5-20(23)22(19)13-17/h3-9,17-18H,2,10-14H2,1H3/t17-,18-/m0/s1. The van der Waals surface area contributed by atoms with Gasteiger partial charge in [-0.2, -0.15) is 0 Å². The minimum absolute atomic E-state index is 0.167. The van der Waals surface area contributed by atoms with E-state index in [9.17, 15) is 4.79 Å². The summed E-state index contributed by atoms with van der Waals surface area (Å²) in [5, 5.41) is 0. The minimum Gasteiger partial charge on any atom is -0.312 e. The van der Waals surface area contributed by atoms with E-state index in [4.69, 9.17) is 0 Å². The van der Waals surface area contributed by atoms with Crippen molar-refractivity contribution in [1.82, 2.24) is 9.47 Å². The molecule has 1 fully saturated rings. The summed E-state index contributed by atoms with van der Waals surface area (Å²) in [4.78, 5) is 14.6. The number of pyridine rings is 1. The molecule has 0 spiro atoms. The van der Waals surface area contributed by atoms with Crippen LogP contribution in [0.15, 0.2) is 47.3 Å². The van der Waals surface area contributed by atoms with Crippen LogP contribution in [0.1, 0.15) is 36.1 Å². The number of piperidine rings is 1. The van der Waals surface area contributed by atoms with Gasteiger partial charge in [0.25, 0.3) is 5.56 Å². The van der Waals surface area contributed by atoms with Crippen LogP contribution in [0.5, 0.6) is 0 Å². The number of benzene rings is 1. The van der Waals surface area contributed by atoms with Crippen LogP contribution in [-0.4, -0.2) is 22.6 Å². The average molecular weight is 308 g/mol. The zero-order valence-corrected chi connectivity index (χ0v) is 13.7. The van der Waals surface area contributed by atoms with Gasteiger partial charge in [-0.1, -0.05) is 37.3 Å². The van der Waals surface area contributed by atoms with Gasteiger partial charge in [-0.05, 0) is 36.0 Å². The van der Waals surface area contributed by atoms with E-state index in [1.165, 1.54) is 23.2 Å². The van der Waals surface area contributed by atoms with Gasteiger partial charge in [-0.15, -0.1) is 0 Å². The molecule has 1 aromatic heterocycles. The molecule has 2 aromatic rings. The van der Waals surface area contributed by atoms with Gasteiger partial charge in [0, 0.05) is 43.9 Å². The molecule has 0 amide bonds. The minimum atomic E-state index is 0.167. The summed E-state index contributed by atoms with van der Waals surface area (Å²) in [5.74, 6) is 1.11. The third kappa shape index (κ3) is 2.86. The number of hydrogen-bond acceptors (Lipinski definition) is 2. The SMILES string of the molecule is CCc1ccc(CN2C[C@@H]3C[C@@H](C2)c2cccc(=O)n2C3)cc1. The van der Waals surface area contributed by atoms with E-state index in [1.54, 1.807) is 6.07 Å². The Hall–Kier alpha value is -1.87. The van der Waals surface area contributed by atoms with Crippen molar-refractivity contribution in [1.29, 1.82) is 0 Å². The molecule has 120 valence electrons. The predicted octanol–water partition coefficient (Wildman–Crippen LogP) is 3.03. The van der Waals surface area contributed by atoms with Crippen molar-refractivity contribution in [3.8, 4) is 0 Å². The van der Waals surface area contributed by atoms with Gasteiger partial charge in [0.1, 0.15) is 0 Å². The Bertz CT molecular complexity index is 747. The molecule has 3 nitrogen and oxygen atoms in total. The summed E-state index contributed by atoms with van der Waals surface area (Å²) in [6.07, 6.45) is 2.33. The Balaban J connectivity index is 1.52. The first-order valence-electron chi connectivity index (χ1n) is 8.73. The monoisotopic (exact) mass is 308 g/mol. The Morgan fingerprint density at radius 2 is 1.78 bits per heavy atom. The largest absolute Gasteiger partial charge is 0.312 e. The molecule has 2 atom stereocenters. The highest BCUT2D eigenvalue weighted by molar-refractivity contribution is 5.23. The van der Waals surface area contributed by atoms with Crippen molar-refractivity contribution >= 4 is 0 Å². The van der Waals surface area contributed by atoms with Crippen LogP contribution in [0.3, 0.4) is 0 Å². The molecule has 23 heavy (non-hydrogen) atoms. The molecule has 4 rings (SSSR count). The van der Waals surface area contributed by atoms with Crippen molar-refractivity contribution in [2.45, 2.75) is 38.8 Å². The van der Waals surface area contributed by atoms with Crippen LogP contribution >= 0.6 is 0 Å². The number of likely N-dealkylation sites (tertiary alicyclic amines) is 1. The van der Waals surface area contributed by atoms with Gasteiger partial charge < -0.3 is 4.57 Å². The fraction of sp³-hybridized carbons (Fsp3) is 0.450. The van der Waals surface area contributed by atoms with Crippen LogP contribution < -0.4 is 5.56 Å². The van der Waals surface area contributed by atoms with Crippen molar-refractivity contribution in [3.05, 3.63) is 69.6 Å². The van der Waals surface area contributed by atoms with Crippen LogP contribution in [0.2, 0.25) is 0 Å². The summed E-state index contributed by atoms with van der Waals surface area (Å²) < 4.78 is 2.01. The molecule has 3 heterocycles. The maximum absolute atomic E-state index is 12.1. The molecule has 2 aliphatic heterocycles. The summed E-state index contributed by atoms with van der Waals surface area (Å²) in [6.45, 7) is 6.27. The third-order valence-corrected chi connectivity index (χ3v) is 5.39. The highest BCUT2D eigenvalue weighted by Gasteiger charge is 2.34. The second-order valence-electron chi connectivity index (χ2n) is 7.06. The van der Waals surface area contributed by atoms with Crippen molar-refractivity contribution in [3.63, 3.8) is 0 Å². The van der Waals surface area contributed by atoms with E-state index in [2.05, 4.69) is 42.2 Å². The molecule has 3 heteroatoms. The fourth-order valence-corrected chi connectivity index (χ4v) is 4.26. The Kier molecular flexibility index (Phi) is 3.82. The number of aryl methyl sites for hydroxylation is 1. The molecule has 2 aliphatic rings. The van der Waals surface area contributed by atoms with E-state index in [0.717, 1.165) is 32.6 Å². The summed E-state index contributed by atoms with van der Waals surface area (Å²) in [6, 6.07) is 14.8. The molecule has 0 radical (unpaired) electrons. The second kappa shape index (κ2) is 5.97. The lowest BCUT2D eigenvalue weighted by Gasteiger charge is -2.42. The van der Waals surface area contributed by atoms with E-state index in [1.807, 2.05) is 10.6 Å². The van der Waals surface area contributed by atoms with Crippen LogP contribution in [0.4, 0.5) is 0 Å². The number of aromatic nitrogens is 1. The quantitative estimate of drug-likeness (QED) is 0.871. The topological polar surface area (TPSA) is 25.2 Å². The number of hydrogen-bond donors (Lipinski definition) is 0. The predicted molar refractivity (Wildman–Crippen MR) is 92.6 cm³/mol. The molecule has 0 unspecified atom stereocenters. The first-order chi connectivity index (χ1) is 11.2. The summed E-state index contributed by atoms with van der Waals surface area (Å²) >= 11 is 0. The van der Waals surface area contributed by atoms with Gasteiger partial charge in [0.05, 0.1) is 0 Å². The van der Waals surface area contributed by atoms with Gasteiger partial charge in [-0.3, -0.25) is 9.69 Å². The summed E-state index contributed by atoms with van der Waals surface area (Å²) in [7, 11) is 0. The molecule has 0 N–H and O–H groups in total. The molecule has 1 saturated heterocycles. The Morgan fingerprint density at radius 1 is 1.00 bits per heavy atom. The van der Waals surface area contributed by atoms with Gasteiger partial charge >= 0.3 is 0 Å². The Labute approximate surface area is 137 Å². The maximum atomic E-state index is 12.1. The molecule has 2 bridgehead atoms. The first-order valence-corrected chi connectivity index (χ1v) is 8.73.